The number of amides is 2. The second-order valence-electron chi connectivity index (χ2n) is 10.1. The number of hydrogen-bond acceptors (Lipinski definition) is 6. The smallest absolute Gasteiger partial charge is 0.234 e. The quantitative estimate of drug-likeness (QED) is 0.384. The van der Waals surface area contributed by atoms with Gasteiger partial charge in [0.05, 0.1) is 18.4 Å². The van der Waals surface area contributed by atoms with Gasteiger partial charge in [0.25, 0.3) is 0 Å². The molecule has 6 rings (SSSR count). The number of aromatic hydroxyl groups is 1. The van der Waals surface area contributed by atoms with E-state index >= 15 is 0 Å². The number of benzene rings is 1. The van der Waals surface area contributed by atoms with Gasteiger partial charge in [0.1, 0.15) is 5.75 Å². The van der Waals surface area contributed by atoms with Crippen LogP contribution in [0.25, 0.3) is 0 Å². The molecule has 0 radical (unpaired) electrons. The topological polar surface area (TPSA) is 91.8 Å². The van der Waals surface area contributed by atoms with Crippen molar-refractivity contribution in [3.63, 3.8) is 0 Å². The van der Waals surface area contributed by atoms with Gasteiger partial charge < -0.3 is 5.11 Å². The number of nitrogens with zero attached hydrogens (tertiary/aromatic N) is 1. The molecule has 1 aromatic heterocycles. The van der Waals surface area contributed by atoms with E-state index in [1.807, 2.05) is 29.7 Å². The highest BCUT2D eigenvalue weighted by Gasteiger charge is 2.56. The van der Waals surface area contributed by atoms with Crippen LogP contribution in [0.1, 0.15) is 41.7 Å². The molecule has 1 fully saturated rings. The molecule has 0 saturated carbocycles. The normalized spacial score (nSPS) is 27.6. The van der Waals surface area contributed by atoms with E-state index in [2.05, 4.69) is 0 Å². The van der Waals surface area contributed by atoms with Gasteiger partial charge in [-0.25, -0.2) is 0 Å². The van der Waals surface area contributed by atoms with E-state index in [0.29, 0.717) is 28.7 Å². The molecule has 2 heterocycles. The summed E-state index contributed by atoms with van der Waals surface area (Å²) < 4.78 is 0. The van der Waals surface area contributed by atoms with Crippen molar-refractivity contribution in [2.45, 2.75) is 39.2 Å². The molecule has 3 aliphatic carbocycles. The molecule has 2 amide bonds. The van der Waals surface area contributed by atoms with Crippen LogP contribution in [0.15, 0.2) is 70.2 Å². The summed E-state index contributed by atoms with van der Waals surface area (Å²) in [6.07, 6.45) is 4.12. The number of hydrogen-bond donors (Lipinski definition) is 1. The number of fused-ring (bicyclic) bond motifs is 3. The molecule has 0 spiro atoms. The van der Waals surface area contributed by atoms with Crippen LogP contribution in [-0.2, 0) is 25.7 Å². The first-order chi connectivity index (χ1) is 17.3. The summed E-state index contributed by atoms with van der Waals surface area (Å²) in [5.41, 5.74) is 3.70. The second kappa shape index (κ2) is 8.23. The summed E-state index contributed by atoms with van der Waals surface area (Å²) in [7, 11) is 0. The molecule has 0 bridgehead atoms. The molecular formula is C29H25NO5S. The average Bonchev–Trinajstić information content (AvgIpc) is 3.46. The minimum atomic E-state index is -0.554. The predicted octanol–water partition coefficient (Wildman–Crippen LogP) is 4.39. The molecular weight excluding hydrogens is 474 g/mol. The summed E-state index contributed by atoms with van der Waals surface area (Å²) in [6.45, 7) is 3.70. The van der Waals surface area contributed by atoms with Crippen LogP contribution < -0.4 is 0 Å². The molecule has 36 heavy (non-hydrogen) atoms. The minimum absolute atomic E-state index is 0.153. The number of phenols is 1. The lowest BCUT2D eigenvalue weighted by molar-refractivity contribution is -0.140. The molecule has 1 aromatic carbocycles. The zero-order valence-electron chi connectivity index (χ0n) is 20.0. The van der Waals surface area contributed by atoms with Crippen LogP contribution in [0.4, 0.5) is 0 Å². The lowest BCUT2D eigenvalue weighted by Crippen LogP contribution is -2.39. The SMILES string of the molecule is CC1=CC(=O)C2=C(C[C@@H]3C(=CC[C@@H]4C(=O)N(Cc5cccs5)C(=O)[C@@H]43)[C@@H]2c2ccc(O)c(C)c2)C1=O. The highest BCUT2D eigenvalue weighted by Crippen LogP contribution is 2.55. The van der Waals surface area contributed by atoms with Crippen molar-refractivity contribution in [2.75, 3.05) is 0 Å². The number of Topliss-reactive ketones (excluding diaryl/α,β-unsaturated/α-hetero) is 1. The summed E-state index contributed by atoms with van der Waals surface area (Å²) in [4.78, 5) is 56.0. The Balaban J connectivity index is 1.47. The van der Waals surface area contributed by atoms with Crippen molar-refractivity contribution < 1.29 is 24.3 Å². The van der Waals surface area contributed by atoms with Gasteiger partial charge in [-0.15, -0.1) is 11.3 Å². The highest BCUT2D eigenvalue weighted by atomic mass is 32.1. The van der Waals surface area contributed by atoms with Gasteiger partial charge in [0, 0.05) is 27.5 Å². The Morgan fingerprint density at radius 3 is 2.58 bits per heavy atom. The lowest BCUT2D eigenvalue weighted by Gasteiger charge is -2.42. The number of allylic oxidation sites excluding steroid dienone is 6. The van der Waals surface area contributed by atoms with E-state index in [4.69, 9.17) is 0 Å². The Labute approximate surface area is 212 Å². The maximum atomic E-state index is 13.7. The zero-order valence-corrected chi connectivity index (χ0v) is 20.8. The highest BCUT2D eigenvalue weighted by molar-refractivity contribution is 7.09. The number of rotatable bonds is 3. The average molecular weight is 500 g/mol. The number of carbonyl (C=O) groups excluding carboxylic acids is 4. The number of phenolic OH excluding ortho intramolecular Hbond substituents is 1. The molecule has 4 aliphatic rings. The van der Waals surface area contributed by atoms with Gasteiger partial charge in [-0.05, 0) is 67.3 Å². The van der Waals surface area contributed by atoms with E-state index in [-0.39, 0.29) is 48.0 Å². The number of aryl methyl sites for hydroxylation is 1. The molecule has 7 heteroatoms. The largest absolute Gasteiger partial charge is 0.508 e. The number of thiophene rings is 1. The van der Waals surface area contributed by atoms with Gasteiger partial charge in [-0.1, -0.05) is 29.8 Å². The van der Waals surface area contributed by atoms with Gasteiger partial charge >= 0.3 is 0 Å². The first-order valence-corrected chi connectivity index (χ1v) is 13.0. The number of carbonyl (C=O) groups is 4. The molecule has 1 saturated heterocycles. The van der Waals surface area contributed by atoms with Crippen LogP contribution in [0.3, 0.4) is 0 Å². The molecule has 4 atom stereocenters. The number of ketones is 2. The van der Waals surface area contributed by atoms with E-state index in [1.54, 1.807) is 26.0 Å². The maximum Gasteiger partial charge on any atom is 0.234 e. The third-order valence-corrected chi connectivity index (χ3v) is 8.96. The Morgan fingerprint density at radius 2 is 1.86 bits per heavy atom. The Hall–Kier alpha value is -3.58. The van der Waals surface area contributed by atoms with Gasteiger partial charge in [-0.3, -0.25) is 24.1 Å². The van der Waals surface area contributed by atoms with Crippen LogP contribution in [0.2, 0.25) is 0 Å². The fourth-order valence-electron chi connectivity index (χ4n) is 6.40. The standard InChI is InChI=1S/C29H25NO5S/c1-14-10-16(5-8-22(14)31)24-18-6-7-19-25(29(35)30(28(19)34)13-17-4-3-9-36-17)20(18)12-21-26(24)23(32)11-15(2)27(21)33/h3-6,8-11,19-20,24-25,31H,7,12-13H2,1-2H3/t19-,20+,24-,25-/m0/s1. The van der Waals surface area contributed by atoms with Crippen molar-refractivity contribution in [3.8, 4) is 5.75 Å². The Bertz CT molecular complexity index is 1440. The monoisotopic (exact) mass is 499 g/mol. The predicted molar refractivity (Wildman–Crippen MR) is 134 cm³/mol. The maximum absolute atomic E-state index is 13.7. The van der Waals surface area contributed by atoms with E-state index < -0.39 is 17.8 Å². The number of imide groups is 1. The number of likely N-dealkylation sites (tertiary alicyclic amines) is 1. The summed E-state index contributed by atoms with van der Waals surface area (Å²) in [6, 6.07) is 9.04. The fraction of sp³-hybridized carbons (Fsp3) is 0.310. The molecule has 1 aliphatic heterocycles. The first kappa shape index (κ1) is 22.9. The van der Waals surface area contributed by atoms with Crippen molar-refractivity contribution in [3.05, 3.63) is 86.2 Å². The van der Waals surface area contributed by atoms with Gasteiger partial charge in [0.15, 0.2) is 11.6 Å². The third-order valence-electron chi connectivity index (χ3n) is 8.10. The molecule has 1 N–H and O–H groups in total. The van der Waals surface area contributed by atoms with Gasteiger partial charge in [-0.2, -0.15) is 0 Å². The van der Waals surface area contributed by atoms with Crippen LogP contribution in [0.5, 0.6) is 5.75 Å². The molecule has 182 valence electrons. The fourth-order valence-corrected chi connectivity index (χ4v) is 7.09. The minimum Gasteiger partial charge on any atom is -0.508 e. The first-order valence-electron chi connectivity index (χ1n) is 12.1. The van der Waals surface area contributed by atoms with Crippen LogP contribution >= 0.6 is 11.3 Å². The van der Waals surface area contributed by atoms with Gasteiger partial charge in [0.2, 0.25) is 11.8 Å². The van der Waals surface area contributed by atoms with E-state index in [0.717, 1.165) is 16.0 Å². The Morgan fingerprint density at radius 1 is 1.06 bits per heavy atom. The summed E-state index contributed by atoms with van der Waals surface area (Å²) in [5.74, 6) is -2.40. The molecule has 0 unspecified atom stereocenters. The summed E-state index contributed by atoms with van der Waals surface area (Å²) in [5, 5.41) is 12.0. The molecule has 2 aromatic rings. The lowest BCUT2D eigenvalue weighted by atomic mass is 9.59. The van der Waals surface area contributed by atoms with Crippen LogP contribution in [-0.4, -0.2) is 33.4 Å². The van der Waals surface area contributed by atoms with Crippen molar-refractivity contribution in [1.82, 2.24) is 4.90 Å². The second-order valence-corrected chi connectivity index (χ2v) is 11.1. The molecule has 6 nitrogen and oxygen atoms in total. The Kier molecular flexibility index (Phi) is 5.23. The van der Waals surface area contributed by atoms with Crippen molar-refractivity contribution in [2.24, 2.45) is 17.8 Å². The third kappa shape index (κ3) is 3.29. The van der Waals surface area contributed by atoms with E-state index in [9.17, 15) is 24.3 Å². The zero-order chi connectivity index (χ0) is 25.3. The van der Waals surface area contributed by atoms with Crippen molar-refractivity contribution >= 4 is 34.7 Å². The summed E-state index contributed by atoms with van der Waals surface area (Å²) >= 11 is 1.51. The van der Waals surface area contributed by atoms with Crippen molar-refractivity contribution in [1.29, 1.82) is 0 Å². The van der Waals surface area contributed by atoms with E-state index in [1.165, 1.54) is 22.3 Å². The van der Waals surface area contributed by atoms with Crippen LogP contribution in [0, 0.1) is 24.7 Å².